The van der Waals surface area contributed by atoms with Gasteiger partial charge in [0, 0.05) is 31.5 Å². The number of hydrogen-bond donors (Lipinski definition) is 2. The summed E-state index contributed by atoms with van der Waals surface area (Å²) >= 11 is 0. The molecule has 3 heterocycles. The maximum atomic E-state index is 10.7. The van der Waals surface area contributed by atoms with Gasteiger partial charge in [0.15, 0.2) is 0 Å². The van der Waals surface area contributed by atoms with E-state index < -0.39 is 5.60 Å². The van der Waals surface area contributed by atoms with Crippen LogP contribution in [0.1, 0.15) is 43.9 Å². The van der Waals surface area contributed by atoms with Crippen molar-refractivity contribution in [2.45, 2.75) is 43.6 Å². The second-order valence-electron chi connectivity index (χ2n) is 6.50. The second-order valence-corrected chi connectivity index (χ2v) is 6.50. The second kappa shape index (κ2) is 4.70. The van der Waals surface area contributed by atoms with Crippen molar-refractivity contribution in [3.05, 3.63) is 5.89 Å². The van der Waals surface area contributed by atoms with Crippen molar-refractivity contribution in [2.24, 2.45) is 5.92 Å². The van der Waals surface area contributed by atoms with E-state index in [4.69, 9.17) is 4.42 Å². The quantitative estimate of drug-likeness (QED) is 0.837. The van der Waals surface area contributed by atoms with Crippen molar-refractivity contribution < 1.29 is 9.52 Å². The number of anilines is 1. The van der Waals surface area contributed by atoms with Gasteiger partial charge in [-0.15, -0.1) is 5.10 Å². The summed E-state index contributed by atoms with van der Waals surface area (Å²) in [7, 11) is 0. The molecular formula is C14H22N4O2. The first-order valence-electron chi connectivity index (χ1n) is 7.76. The minimum atomic E-state index is -0.501. The van der Waals surface area contributed by atoms with Gasteiger partial charge in [-0.1, -0.05) is 11.5 Å². The first-order valence-corrected chi connectivity index (χ1v) is 7.76. The van der Waals surface area contributed by atoms with E-state index in [-0.39, 0.29) is 5.92 Å². The molecule has 6 nitrogen and oxygen atoms in total. The lowest BCUT2D eigenvalue weighted by Gasteiger charge is -2.47. The van der Waals surface area contributed by atoms with Crippen LogP contribution in [0.2, 0.25) is 0 Å². The minimum Gasteiger partial charge on any atom is -0.408 e. The van der Waals surface area contributed by atoms with Gasteiger partial charge in [-0.2, -0.15) is 0 Å². The summed E-state index contributed by atoms with van der Waals surface area (Å²) in [5.74, 6) is 1.53. The van der Waals surface area contributed by atoms with Gasteiger partial charge in [-0.05, 0) is 32.2 Å². The van der Waals surface area contributed by atoms with Crippen LogP contribution in [0.25, 0.3) is 0 Å². The van der Waals surface area contributed by atoms with Crippen LogP contribution in [0.15, 0.2) is 4.42 Å². The lowest BCUT2D eigenvalue weighted by Crippen LogP contribution is -2.59. The molecule has 0 bridgehead atoms. The lowest BCUT2D eigenvalue weighted by atomic mass is 9.76. The SMILES string of the molecule is O[C@]12CCNC[C@H]1CN(c1nnc(C3CCC3)o1)CC2. The Morgan fingerprint density at radius 2 is 2.20 bits per heavy atom. The van der Waals surface area contributed by atoms with Crippen molar-refractivity contribution in [2.75, 3.05) is 31.1 Å². The maximum Gasteiger partial charge on any atom is 0.318 e. The summed E-state index contributed by atoms with van der Waals surface area (Å²) in [5, 5.41) is 22.4. The van der Waals surface area contributed by atoms with Crippen LogP contribution in [0.3, 0.4) is 0 Å². The fourth-order valence-electron chi connectivity index (χ4n) is 3.57. The van der Waals surface area contributed by atoms with Gasteiger partial charge in [-0.25, -0.2) is 0 Å². The molecule has 2 saturated heterocycles. The Bertz CT molecular complexity index is 487. The van der Waals surface area contributed by atoms with Crippen LogP contribution < -0.4 is 10.2 Å². The number of fused-ring (bicyclic) bond motifs is 1. The molecule has 0 amide bonds. The van der Waals surface area contributed by atoms with Crippen molar-refractivity contribution in [3.63, 3.8) is 0 Å². The van der Waals surface area contributed by atoms with E-state index in [1.54, 1.807) is 0 Å². The van der Waals surface area contributed by atoms with Gasteiger partial charge < -0.3 is 19.7 Å². The molecule has 0 radical (unpaired) electrons. The fraction of sp³-hybridized carbons (Fsp3) is 0.857. The van der Waals surface area contributed by atoms with Crippen LogP contribution in [-0.2, 0) is 0 Å². The molecule has 0 unspecified atom stereocenters. The third-order valence-corrected chi connectivity index (χ3v) is 5.30. The molecule has 2 atom stereocenters. The third kappa shape index (κ3) is 2.02. The van der Waals surface area contributed by atoms with E-state index in [0.29, 0.717) is 11.9 Å². The summed E-state index contributed by atoms with van der Waals surface area (Å²) in [6.45, 7) is 3.39. The molecule has 2 N–H and O–H groups in total. The van der Waals surface area contributed by atoms with Crippen molar-refractivity contribution in [3.8, 4) is 0 Å². The van der Waals surface area contributed by atoms with E-state index in [1.807, 2.05) is 0 Å². The molecule has 20 heavy (non-hydrogen) atoms. The van der Waals surface area contributed by atoms with E-state index in [2.05, 4.69) is 20.4 Å². The number of nitrogens with one attached hydrogen (secondary N) is 1. The fourth-order valence-corrected chi connectivity index (χ4v) is 3.57. The lowest BCUT2D eigenvalue weighted by molar-refractivity contribution is -0.0545. The third-order valence-electron chi connectivity index (χ3n) is 5.30. The average Bonchev–Trinajstić information content (AvgIpc) is 2.85. The van der Waals surface area contributed by atoms with Gasteiger partial charge in [0.05, 0.1) is 5.60 Å². The van der Waals surface area contributed by atoms with Gasteiger partial charge in [-0.3, -0.25) is 0 Å². The summed E-state index contributed by atoms with van der Waals surface area (Å²) in [6.07, 6.45) is 5.26. The predicted molar refractivity (Wildman–Crippen MR) is 73.6 cm³/mol. The molecule has 6 heteroatoms. The van der Waals surface area contributed by atoms with Crippen molar-refractivity contribution in [1.82, 2.24) is 15.5 Å². The van der Waals surface area contributed by atoms with Gasteiger partial charge in [0.1, 0.15) is 0 Å². The Labute approximate surface area is 118 Å². The Balaban J connectivity index is 1.48. The van der Waals surface area contributed by atoms with Crippen LogP contribution in [-0.4, -0.2) is 47.1 Å². The van der Waals surface area contributed by atoms with E-state index in [9.17, 15) is 5.11 Å². The molecule has 1 aliphatic carbocycles. The van der Waals surface area contributed by atoms with Crippen LogP contribution in [0.5, 0.6) is 0 Å². The molecule has 2 aliphatic heterocycles. The molecule has 0 spiro atoms. The highest BCUT2D eigenvalue weighted by Crippen LogP contribution is 2.38. The number of nitrogens with zero attached hydrogens (tertiary/aromatic N) is 3. The van der Waals surface area contributed by atoms with Crippen molar-refractivity contribution >= 4 is 6.01 Å². The highest BCUT2D eigenvalue weighted by Gasteiger charge is 2.43. The van der Waals surface area contributed by atoms with Crippen molar-refractivity contribution in [1.29, 1.82) is 0 Å². The highest BCUT2D eigenvalue weighted by molar-refractivity contribution is 5.27. The van der Waals surface area contributed by atoms with Gasteiger partial charge >= 0.3 is 6.01 Å². The van der Waals surface area contributed by atoms with Crippen LogP contribution in [0.4, 0.5) is 6.01 Å². The smallest absolute Gasteiger partial charge is 0.318 e. The van der Waals surface area contributed by atoms with Gasteiger partial charge in [0.2, 0.25) is 5.89 Å². The zero-order valence-electron chi connectivity index (χ0n) is 11.7. The summed E-state index contributed by atoms with van der Waals surface area (Å²) in [5.41, 5.74) is -0.501. The topological polar surface area (TPSA) is 74.4 Å². The first-order chi connectivity index (χ1) is 9.74. The summed E-state index contributed by atoms with van der Waals surface area (Å²) in [4.78, 5) is 2.14. The summed E-state index contributed by atoms with van der Waals surface area (Å²) in [6, 6.07) is 0.638. The molecule has 110 valence electrons. The molecule has 1 saturated carbocycles. The molecule has 1 aromatic heterocycles. The Morgan fingerprint density at radius 1 is 1.30 bits per heavy atom. The number of aliphatic hydroxyl groups is 1. The van der Waals surface area contributed by atoms with Crippen LogP contribution >= 0.6 is 0 Å². The molecule has 3 aliphatic rings. The number of piperidine rings is 2. The average molecular weight is 278 g/mol. The molecule has 3 fully saturated rings. The van der Waals surface area contributed by atoms with E-state index in [0.717, 1.165) is 44.9 Å². The number of rotatable bonds is 2. The Kier molecular flexibility index (Phi) is 2.96. The first kappa shape index (κ1) is 12.6. The molecule has 1 aromatic rings. The highest BCUT2D eigenvalue weighted by atomic mass is 16.4. The number of aromatic nitrogens is 2. The minimum absolute atomic E-state index is 0.254. The molecule has 0 aromatic carbocycles. The zero-order chi connectivity index (χ0) is 13.6. The van der Waals surface area contributed by atoms with Gasteiger partial charge in [0.25, 0.3) is 0 Å². The standard InChI is InChI=1S/C14H22N4O2/c19-14-4-6-15-8-11(14)9-18(7-5-14)13-17-16-12(20-13)10-2-1-3-10/h10-11,15,19H,1-9H2/t11-,14-/m0/s1. The summed E-state index contributed by atoms with van der Waals surface area (Å²) < 4.78 is 5.84. The monoisotopic (exact) mass is 278 g/mol. The largest absolute Gasteiger partial charge is 0.408 e. The predicted octanol–water partition coefficient (Wildman–Crippen LogP) is 0.888. The van der Waals surface area contributed by atoms with E-state index >= 15 is 0 Å². The normalized spacial score (nSPS) is 34.6. The zero-order valence-corrected chi connectivity index (χ0v) is 11.7. The maximum absolute atomic E-state index is 10.7. The van der Waals surface area contributed by atoms with E-state index in [1.165, 1.54) is 19.3 Å². The molecule has 4 rings (SSSR count). The Hall–Kier alpha value is -1.14. The van der Waals surface area contributed by atoms with Crippen LogP contribution in [0, 0.1) is 5.92 Å². The molecular weight excluding hydrogens is 256 g/mol. The number of hydrogen-bond acceptors (Lipinski definition) is 6. The Morgan fingerprint density at radius 3 is 3.00 bits per heavy atom.